The normalized spacial score (nSPS) is 11.1. The van der Waals surface area contributed by atoms with E-state index in [2.05, 4.69) is 20.9 Å². The molecule has 0 aliphatic heterocycles. The number of hydrogen-bond acceptors (Lipinski definition) is 1. The van der Waals surface area contributed by atoms with Crippen LogP contribution in [0.1, 0.15) is 0 Å². The monoisotopic (exact) mass is 356 g/mol. The van der Waals surface area contributed by atoms with Crippen molar-refractivity contribution in [2.45, 2.75) is 0 Å². The fourth-order valence-corrected chi connectivity index (χ4v) is 2.99. The number of benzene rings is 2. The number of rotatable bonds is 1. The molecule has 0 unspecified atom stereocenters. The number of aromatic nitrogens is 2. The zero-order chi connectivity index (χ0) is 13.6. The molecule has 1 N–H and O–H groups in total. The van der Waals surface area contributed by atoms with Gasteiger partial charge in [-0.3, -0.25) is 4.57 Å². The maximum absolute atomic E-state index is 14.1. The molecule has 6 heteroatoms. The molecule has 2 aromatic carbocycles. The molecule has 96 valence electrons. The summed E-state index contributed by atoms with van der Waals surface area (Å²) in [6, 6.07) is 10.1. The van der Waals surface area contributed by atoms with Crippen molar-refractivity contribution in [2.75, 3.05) is 0 Å². The molecule has 1 heterocycles. The zero-order valence-electron chi connectivity index (χ0n) is 9.45. The van der Waals surface area contributed by atoms with E-state index in [1.165, 1.54) is 6.07 Å². The van der Waals surface area contributed by atoms with Crippen molar-refractivity contribution < 1.29 is 4.39 Å². The summed E-state index contributed by atoms with van der Waals surface area (Å²) in [4.78, 5) is 3.04. The highest BCUT2D eigenvalue weighted by Crippen LogP contribution is 2.29. The summed E-state index contributed by atoms with van der Waals surface area (Å²) in [6.45, 7) is 0. The quantitative estimate of drug-likeness (QED) is 0.590. The lowest BCUT2D eigenvalue weighted by molar-refractivity contribution is 0.617. The second kappa shape index (κ2) is 4.74. The molecule has 0 aliphatic rings. The van der Waals surface area contributed by atoms with Gasteiger partial charge in [0.1, 0.15) is 5.82 Å². The van der Waals surface area contributed by atoms with E-state index in [4.69, 9.17) is 23.8 Å². The number of hydrogen-bond donors (Lipinski definition) is 1. The molecule has 0 amide bonds. The van der Waals surface area contributed by atoms with Gasteiger partial charge in [0.15, 0.2) is 4.77 Å². The van der Waals surface area contributed by atoms with Gasteiger partial charge in [0.25, 0.3) is 0 Å². The molecule has 0 saturated heterocycles. The third-order valence-electron chi connectivity index (χ3n) is 2.81. The molecule has 0 spiro atoms. The lowest BCUT2D eigenvalue weighted by Gasteiger charge is -2.08. The number of H-pyrrole nitrogens is 1. The highest BCUT2D eigenvalue weighted by molar-refractivity contribution is 9.10. The van der Waals surface area contributed by atoms with Gasteiger partial charge in [-0.2, -0.15) is 0 Å². The number of para-hydroxylation sites is 1. The second-order valence-electron chi connectivity index (χ2n) is 4.00. The number of imidazole rings is 1. The van der Waals surface area contributed by atoms with Gasteiger partial charge >= 0.3 is 0 Å². The minimum absolute atomic E-state index is 0.355. The summed E-state index contributed by atoms with van der Waals surface area (Å²) in [6.07, 6.45) is 0. The Bertz CT molecular complexity index is 820. The minimum atomic E-state index is -0.355. The predicted octanol–water partition coefficient (Wildman–Crippen LogP) is 5.24. The van der Waals surface area contributed by atoms with Gasteiger partial charge in [0, 0.05) is 9.50 Å². The van der Waals surface area contributed by atoms with Crippen molar-refractivity contribution in [3.05, 3.63) is 56.5 Å². The van der Waals surface area contributed by atoms with Crippen LogP contribution in [-0.4, -0.2) is 9.55 Å². The third kappa shape index (κ3) is 2.12. The largest absolute Gasteiger partial charge is 0.330 e. The van der Waals surface area contributed by atoms with Crippen LogP contribution in [0.2, 0.25) is 5.02 Å². The van der Waals surface area contributed by atoms with Crippen molar-refractivity contribution in [1.82, 2.24) is 9.55 Å². The molecule has 0 fully saturated rings. The van der Waals surface area contributed by atoms with Gasteiger partial charge in [0.2, 0.25) is 0 Å². The highest BCUT2D eigenvalue weighted by Gasteiger charge is 2.13. The van der Waals surface area contributed by atoms with Crippen molar-refractivity contribution in [2.24, 2.45) is 0 Å². The van der Waals surface area contributed by atoms with E-state index in [1.807, 2.05) is 6.07 Å². The summed E-state index contributed by atoms with van der Waals surface area (Å²) in [5.41, 5.74) is 1.92. The van der Waals surface area contributed by atoms with E-state index in [0.29, 0.717) is 20.0 Å². The van der Waals surface area contributed by atoms with E-state index in [9.17, 15) is 4.39 Å². The summed E-state index contributed by atoms with van der Waals surface area (Å²) in [5.74, 6) is -0.355. The molecule has 0 bridgehead atoms. The maximum Gasteiger partial charge on any atom is 0.182 e. The Morgan fingerprint density at radius 2 is 2.05 bits per heavy atom. The fraction of sp³-hybridized carbons (Fsp3) is 0. The Morgan fingerprint density at radius 3 is 2.79 bits per heavy atom. The van der Waals surface area contributed by atoms with E-state index in [0.717, 1.165) is 11.0 Å². The molecule has 0 aliphatic carbocycles. The average Bonchev–Trinajstić information content (AvgIpc) is 2.66. The predicted molar refractivity (Wildman–Crippen MR) is 81.1 cm³/mol. The number of fused-ring (bicyclic) bond motifs is 1. The molecule has 0 radical (unpaired) electrons. The van der Waals surface area contributed by atoms with Crippen LogP contribution in [0, 0.1) is 10.6 Å². The van der Waals surface area contributed by atoms with Crippen LogP contribution in [0.25, 0.3) is 16.7 Å². The number of aromatic amines is 1. The van der Waals surface area contributed by atoms with E-state index in [-0.39, 0.29) is 5.82 Å². The van der Waals surface area contributed by atoms with Crippen LogP contribution in [0.4, 0.5) is 4.39 Å². The fourth-order valence-electron chi connectivity index (χ4n) is 2.00. The maximum atomic E-state index is 14.1. The number of nitrogens with one attached hydrogen (secondary N) is 1. The van der Waals surface area contributed by atoms with Crippen LogP contribution >= 0.6 is 39.7 Å². The summed E-state index contributed by atoms with van der Waals surface area (Å²) in [7, 11) is 0. The highest BCUT2D eigenvalue weighted by atomic mass is 79.9. The molecule has 1 aromatic heterocycles. The molecular formula is C13H7BrClFN2S. The van der Waals surface area contributed by atoms with Crippen molar-refractivity contribution in [1.29, 1.82) is 0 Å². The zero-order valence-corrected chi connectivity index (χ0v) is 12.6. The first-order chi connectivity index (χ1) is 9.08. The summed E-state index contributed by atoms with van der Waals surface area (Å²) >= 11 is 14.6. The Balaban J connectivity index is 2.46. The van der Waals surface area contributed by atoms with Crippen LogP contribution < -0.4 is 0 Å². The lowest BCUT2D eigenvalue weighted by atomic mass is 10.2. The first kappa shape index (κ1) is 12.8. The SMILES string of the molecule is Fc1cccc(Br)c1-n1c(=S)[nH]c2ccc(Cl)cc21. The molecule has 19 heavy (non-hydrogen) atoms. The Kier molecular flexibility index (Phi) is 3.20. The van der Waals surface area contributed by atoms with Crippen molar-refractivity contribution >= 4 is 50.8 Å². The van der Waals surface area contributed by atoms with Crippen molar-refractivity contribution in [3.63, 3.8) is 0 Å². The molecule has 3 rings (SSSR count). The molecular weight excluding hydrogens is 351 g/mol. The molecule has 0 atom stereocenters. The minimum Gasteiger partial charge on any atom is -0.330 e. The van der Waals surface area contributed by atoms with Crippen LogP contribution in [0.15, 0.2) is 40.9 Å². The standard InChI is InChI=1S/C13H7BrClFN2S/c14-8-2-1-3-9(16)12(8)18-11-6-7(15)4-5-10(11)17-13(18)19/h1-6H,(H,17,19). The van der Waals surface area contributed by atoms with Gasteiger partial charge in [0.05, 0.1) is 16.7 Å². The van der Waals surface area contributed by atoms with E-state index >= 15 is 0 Å². The van der Waals surface area contributed by atoms with Gasteiger partial charge in [-0.15, -0.1) is 0 Å². The first-order valence-electron chi connectivity index (χ1n) is 5.42. The van der Waals surface area contributed by atoms with Crippen LogP contribution in [-0.2, 0) is 0 Å². The number of halogens is 3. The lowest BCUT2D eigenvalue weighted by Crippen LogP contribution is -1.99. The summed E-state index contributed by atoms with van der Waals surface area (Å²) in [5, 5.41) is 0.572. The number of nitrogens with zero attached hydrogens (tertiary/aromatic N) is 1. The second-order valence-corrected chi connectivity index (χ2v) is 5.67. The molecule has 3 aromatic rings. The Labute approximate surface area is 127 Å². The molecule has 2 nitrogen and oxygen atoms in total. The Hall–Kier alpha value is -1.17. The van der Waals surface area contributed by atoms with Gasteiger partial charge < -0.3 is 4.98 Å². The smallest absolute Gasteiger partial charge is 0.182 e. The van der Waals surface area contributed by atoms with Gasteiger partial charge in [-0.05, 0) is 58.5 Å². The molecule has 0 saturated carbocycles. The van der Waals surface area contributed by atoms with Crippen LogP contribution in [0.5, 0.6) is 0 Å². The topological polar surface area (TPSA) is 20.7 Å². The third-order valence-corrected chi connectivity index (χ3v) is 3.97. The van der Waals surface area contributed by atoms with Crippen LogP contribution in [0.3, 0.4) is 0 Å². The van der Waals surface area contributed by atoms with Gasteiger partial charge in [-0.25, -0.2) is 4.39 Å². The summed E-state index contributed by atoms with van der Waals surface area (Å²) < 4.78 is 16.8. The average molecular weight is 358 g/mol. The Morgan fingerprint density at radius 1 is 1.26 bits per heavy atom. The van der Waals surface area contributed by atoms with E-state index < -0.39 is 0 Å². The first-order valence-corrected chi connectivity index (χ1v) is 7.00. The van der Waals surface area contributed by atoms with E-state index in [1.54, 1.807) is 28.8 Å². The van der Waals surface area contributed by atoms with Crippen molar-refractivity contribution in [3.8, 4) is 5.69 Å². The van der Waals surface area contributed by atoms with Gasteiger partial charge in [-0.1, -0.05) is 17.7 Å².